The van der Waals surface area contributed by atoms with Gasteiger partial charge in [0, 0.05) is 18.8 Å². The highest BCUT2D eigenvalue weighted by Gasteiger charge is 2.59. The zero-order valence-electron chi connectivity index (χ0n) is 34.5. The van der Waals surface area contributed by atoms with Crippen LogP contribution in [0.1, 0.15) is 116 Å². The number of hydrogen-bond acceptors (Lipinski definition) is 7. The lowest BCUT2D eigenvalue weighted by molar-refractivity contribution is -0.121. The van der Waals surface area contributed by atoms with Crippen LogP contribution < -0.4 is 21.7 Å². The van der Waals surface area contributed by atoms with Crippen LogP contribution in [-0.2, 0) is 9.53 Å². The van der Waals surface area contributed by atoms with E-state index < -0.39 is 6.09 Å². The number of rotatable bonds is 14. The fourth-order valence-electron chi connectivity index (χ4n) is 6.03. The molecule has 2 rings (SSSR count). The molecule has 4 unspecified atom stereocenters. The van der Waals surface area contributed by atoms with Crippen LogP contribution in [0, 0.1) is 40.4 Å². The molecule has 1 heterocycles. The monoisotopic (exact) mass is 690 g/mol. The Morgan fingerprint density at radius 2 is 1.53 bits per heavy atom. The molecular formula is C41H79N5O3. The minimum atomic E-state index is -0.402. The van der Waals surface area contributed by atoms with E-state index in [0.29, 0.717) is 41.6 Å². The molecule has 1 saturated heterocycles. The SMILES string of the molecule is C=C(N)C(=C)C(CC)CC(C)C.C=CC(NC(=C)N[C@H](COC(=O)NCC)C(C)(C)C)C(C)(C)C.CC(=O)C1[C@H]2C(C)[C@H]2CN1C.CCC. The van der Waals surface area contributed by atoms with Crippen molar-refractivity contribution < 1.29 is 14.3 Å². The van der Waals surface area contributed by atoms with Gasteiger partial charge in [0.05, 0.1) is 23.9 Å². The summed E-state index contributed by atoms with van der Waals surface area (Å²) in [5, 5.41) is 9.30. The quantitative estimate of drug-likeness (QED) is 0.107. The molecule has 1 aliphatic heterocycles. The Balaban J connectivity index is 0. The summed E-state index contributed by atoms with van der Waals surface area (Å²) >= 11 is 0. The summed E-state index contributed by atoms with van der Waals surface area (Å²) < 4.78 is 5.27. The molecule has 1 saturated carbocycles. The highest BCUT2D eigenvalue weighted by atomic mass is 16.5. The summed E-state index contributed by atoms with van der Waals surface area (Å²) in [6.07, 6.45) is 4.99. The number of likely N-dealkylation sites (N-methyl/N-ethyl adjacent to an activating group) is 1. The number of likely N-dealkylation sites (tertiary alicyclic amines) is 1. The number of ketones is 1. The molecular weight excluding hydrogens is 610 g/mol. The van der Waals surface area contributed by atoms with E-state index in [-0.39, 0.29) is 35.6 Å². The van der Waals surface area contributed by atoms with Crippen molar-refractivity contribution in [1.82, 2.24) is 20.9 Å². The predicted molar refractivity (Wildman–Crippen MR) is 212 cm³/mol. The zero-order chi connectivity index (χ0) is 38.9. The van der Waals surface area contributed by atoms with Gasteiger partial charge in [0.1, 0.15) is 12.4 Å². The van der Waals surface area contributed by atoms with Crippen LogP contribution in [0.4, 0.5) is 4.79 Å². The van der Waals surface area contributed by atoms with Crippen LogP contribution in [0.5, 0.6) is 0 Å². The smallest absolute Gasteiger partial charge is 0.407 e. The van der Waals surface area contributed by atoms with Crippen molar-refractivity contribution in [3.8, 4) is 0 Å². The predicted octanol–water partition coefficient (Wildman–Crippen LogP) is 8.67. The molecule has 7 atom stereocenters. The molecule has 8 nitrogen and oxygen atoms in total. The topological polar surface area (TPSA) is 109 Å². The lowest BCUT2D eigenvalue weighted by Gasteiger charge is -2.35. The Morgan fingerprint density at radius 3 is 1.86 bits per heavy atom. The number of allylic oxidation sites excluding steroid dienone is 1. The summed E-state index contributed by atoms with van der Waals surface area (Å²) in [5.41, 5.74) is 7.19. The van der Waals surface area contributed by atoms with E-state index in [4.69, 9.17) is 10.5 Å². The van der Waals surface area contributed by atoms with Gasteiger partial charge in [-0.15, -0.1) is 6.58 Å². The van der Waals surface area contributed by atoms with Crippen LogP contribution >= 0.6 is 0 Å². The molecule has 2 fully saturated rings. The summed E-state index contributed by atoms with van der Waals surface area (Å²) in [6.45, 7) is 46.9. The molecule has 8 heteroatoms. The Labute approximate surface area is 303 Å². The third-order valence-corrected chi connectivity index (χ3v) is 9.14. The second-order valence-corrected chi connectivity index (χ2v) is 16.5. The summed E-state index contributed by atoms with van der Waals surface area (Å²) in [6, 6.07) is 0.276. The molecule has 1 amide bonds. The number of carbonyl (C=O) groups is 2. The first kappa shape index (κ1) is 48.4. The first-order valence-electron chi connectivity index (χ1n) is 18.5. The Morgan fingerprint density at radius 1 is 1.00 bits per heavy atom. The maximum Gasteiger partial charge on any atom is 0.407 e. The highest BCUT2D eigenvalue weighted by Crippen LogP contribution is 2.54. The third-order valence-electron chi connectivity index (χ3n) is 9.14. The average molecular weight is 690 g/mol. The van der Waals surface area contributed by atoms with E-state index in [0.717, 1.165) is 36.8 Å². The first-order valence-corrected chi connectivity index (χ1v) is 18.5. The molecule has 5 N–H and O–H groups in total. The normalized spacial score (nSPS) is 21.3. The Kier molecular flexibility index (Phi) is 22.6. The molecule has 0 aromatic heterocycles. The maximum atomic E-state index is 11.5. The standard InChI is InChI=1S/C18H35N3O2.C11H21N.C9H15NO.C3H8/c1-10-14(17(4,5)6)20-13(3)21-15(18(7,8)9)12-23-16(22)19-11-2;1-6-11(7-8(2)3)9(4)10(5)12;1-5-7-4-10(3)9(6(2)11)8(5)7;1-3-2/h10,14-15,20-21H,1,3,11-12H2,2,4-9H3,(H,19,22);8,11H,4-7,12H2,1-3H3;5,7-9H,4H2,1-3H3;3H2,1-2H3/t14?,15-;;5?,7-,8+,9?;/m1.1./s1. The number of fused-ring (bicyclic) bond motifs is 1. The summed E-state index contributed by atoms with van der Waals surface area (Å²) in [5.74, 6) is 4.59. The van der Waals surface area contributed by atoms with Gasteiger partial charge < -0.3 is 26.4 Å². The van der Waals surface area contributed by atoms with Gasteiger partial charge in [-0.3, -0.25) is 9.69 Å². The van der Waals surface area contributed by atoms with Crippen molar-refractivity contribution in [2.45, 2.75) is 134 Å². The number of nitrogens with two attached hydrogens (primary N) is 1. The molecule has 0 aromatic rings. The lowest BCUT2D eigenvalue weighted by Crippen LogP contribution is -2.49. The van der Waals surface area contributed by atoms with Crippen LogP contribution in [0.15, 0.2) is 49.5 Å². The number of hydrogen-bond donors (Lipinski definition) is 4. The number of nitrogens with zero attached hydrogens (tertiary/aromatic N) is 1. The summed E-state index contributed by atoms with van der Waals surface area (Å²) in [4.78, 5) is 24.9. The molecule has 1 aliphatic carbocycles. The van der Waals surface area contributed by atoms with E-state index in [9.17, 15) is 9.59 Å². The minimum absolute atomic E-state index is 0.0289. The lowest BCUT2D eigenvalue weighted by atomic mass is 9.86. The molecule has 286 valence electrons. The number of carbonyl (C=O) groups excluding carboxylic acids is 2. The molecule has 0 radical (unpaired) electrons. The van der Waals surface area contributed by atoms with Crippen molar-refractivity contribution in [2.24, 2.45) is 46.2 Å². The van der Waals surface area contributed by atoms with E-state index >= 15 is 0 Å². The van der Waals surface area contributed by atoms with Crippen LogP contribution in [0.3, 0.4) is 0 Å². The minimum Gasteiger partial charge on any atom is -0.447 e. The van der Waals surface area contributed by atoms with E-state index in [1.807, 2.05) is 13.0 Å². The molecule has 0 aromatic carbocycles. The van der Waals surface area contributed by atoms with Crippen molar-refractivity contribution in [3.63, 3.8) is 0 Å². The zero-order valence-corrected chi connectivity index (χ0v) is 34.5. The fraction of sp³-hybridized carbons (Fsp3) is 0.756. The van der Waals surface area contributed by atoms with Gasteiger partial charge in [-0.25, -0.2) is 4.79 Å². The van der Waals surface area contributed by atoms with Gasteiger partial charge in [0.2, 0.25) is 0 Å². The van der Waals surface area contributed by atoms with Crippen LogP contribution in [-0.4, -0.2) is 61.6 Å². The van der Waals surface area contributed by atoms with Gasteiger partial charge >= 0.3 is 6.09 Å². The Hall–Kier alpha value is -2.74. The number of nitrogens with one attached hydrogen (secondary N) is 3. The van der Waals surface area contributed by atoms with Crippen LogP contribution in [0.2, 0.25) is 0 Å². The summed E-state index contributed by atoms with van der Waals surface area (Å²) in [7, 11) is 2.06. The molecule has 49 heavy (non-hydrogen) atoms. The van der Waals surface area contributed by atoms with Crippen molar-refractivity contribution in [3.05, 3.63) is 49.5 Å². The highest BCUT2D eigenvalue weighted by molar-refractivity contribution is 5.82. The van der Waals surface area contributed by atoms with Gasteiger partial charge in [-0.05, 0) is 79.7 Å². The molecule has 2 aliphatic rings. The van der Waals surface area contributed by atoms with Crippen molar-refractivity contribution >= 4 is 11.9 Å². The van der Waals surface area contributed by atoms with Crippen LogP contribution in [0.25, 0.3) is 0 Å². The fourth-order valence-corrected chi connectivity index (χ4v) is 6.03. The van der Waals surface area contributed by atoms with Gasteiger partial charge in [0.15, 0.2) is 0 Å². The van der Waals surface area contributed by atoms with Crippen molar-refractivity contribution in [1.29, 1.82) is 0 Å². The van der Waals surface area contributed by atoms with Gasteiger partial charge in [-0.1, -0.05) is 115 Å². The largest absolute Gasteiger partial charge is 0.447 e. The second kappa shape index (κ2) is 22.9. The van der Waals surface area contributed by atoms with E-state index in [1.54, 1.807) is 6.92 Å². The van der Waals surface area contributed by atoms with Crippen molar-refractivity contribution in [2.75, 3.05) is 26.7 Å². The third kappa shape index (κ3) is 18.7. The number of Topliss-reactive ketones (excluding diaryl/α,β-unsaturated/α-hetero) is 1. The number of alkyl carbamates (subject to hydrolysis) is 1. The first-order chi connectivity index (χ1) is 22.4. The van der Waals surface area contributed by atoms with E-state index in [1.165, 1.54) is 6.42 Å². The number of ether oxygens (including phenoxy) is 1. The Bertz CT molecular complexity index is 1040. The van der Waals surface area contributed by atoms with Gasteiger partial charge in [-0.2, -0.15) is 0 Å². The molecule has 0 spiro atoms. The number of amides is 1. The second-order valence-electron chi connectivity index (χ2n) is 16.5. The molecule has 0 bridgehead atoms. The maximum absolute atomic E-state index is 11.5. The number of piperidine rings is 1. The average Bonchev–Trinajstić information content (AvgIpc) is 3.40. The van der Waals surface area contributed by atoms with Gasteiger partial charge in [0.25, 0.3) is 0 Å². The van der Waals surface area contributed by atoms with E-state index in [2.05, 4.69) is 137 Å².